The summed E-state index contributed by atoms with van der Waals surface area (Å²) < 4.78 is 0. The van der Waals surface area contributed by atoms with E-state index in [0.29, 0.717) is 0 Å². The van der Waals surface area contributed by atoms with Gasteiger partial charge in [0.25, 0.3) is 0 Å². The van der Waals surface area contributed by atoms with Crippen LogP contribution in [0.15, 0.2) is 182 Å². The van der Waals surface area contributed by atoms with Gasteiger partial charge in [0.1, 0.15) is 11.9 Å². The first kappa shape index (κ1) is 29.8. The Kier molecular flexibility index (Phi) is 8.04. The van der Waals surface area contributed by atoms with Gasteiger partial charge in [0.15, 0.2) is 0 Å². The van der Waals surface area contributed by atoms with E-state index < -0.39 is 14.0 Å². The molecule has 1 atom stereocenters. The molecule has 0 saturated heterocycles. The van der Waals surface area contributed by atoms with Crippen molar-refractivity contribution < 1.29 is 10.2 Å². The highest BCUT2D eigenvalue weighted by atomic mass is 31.1. The molecule has 2 nitrogen and oxygen atoms in total. The SMILES string of the molecule is Oc1c(P(c2ccccc2)c2ccccc2)cc2ccccc2c1-c1c([C@@H](O)c2ccccc2-c2ccccc2)ccc2ccccc12. The summed E-state index contributed by atoms with van der Waals surface area (Å²) in [7, 11) is -1.11. The van der Waals surface area contributed by atoms with E-state index in [1.807, 2.05) is 72.8 Å². The zero-order valence-electron chi connectivity index (χ0n) is 26.2. The Bertz CT molecular complexity index is 2330. The van der Waals surface area contributed by atoms with Crippen LogP contribution in [0, 0.1) is 0 Å². The lowest BCUT2D eigenvalue weighted by molar-refractivity contribution is 0.221. The largest absolute Gasteiger partial charge is 0.507 e. The number of rotatable bonds is 7. The molecular formula is C45H33O2P. The number of aliphatic hydroxyl groups is 1. The molecule has 8 aromatic rings. The number of fused-ring (bicyclic) bond motifs is 2. The van der Waals surface area contributed by atoms with E-state index in [1.54, 1.807) is 0 Å². The van der Waals surface area contributed by atoms with Crippen LogP contribution in [0.3, 0.4) is 0 Å². The molecule has 0 radical (unpaired) electrons. The van der Waals surface area contributed by atoms with Crippen molar-refractivity contribution in [2.75, 3.05) is 0 Å². The highest BCUT2D eigenvalue weighted by molar-refractivity contribution is 7.80. The summed E-state index contributed by atoms with van der Waals surface area (Å²) >= 11 is 0. The molecule has 0 fully saturated rings. The minimum absolute atomic E-state index is 0.244. The number of hydrogen-bond donors (Lipinski definition) is 2. The molecule has 8 aromatic carbocycles. The zero-order valence-corrected chi connectivity index (χ0v) is 27.1. The third kappa shape index (κ3) is 5.36. The van der Waals surface area contributed by atoms with Crippen LogP contribution in [0.25, 0.3) is 43.8 Å². The highest BCUT2D eigenvalue weighted by Crippen LogP contribution is 2.48. The fourth-order valence-electron chi connectivity index (χ4n) is 6.91. The van der Waals surface area contributed by atoms with E-state index in [2.05, 4.69) is 109 Å². The normalized spacial score (nSPS) is 12.0. The topological polar surface area (TPSA) is 40.5 Å². The maximum absolute atomic E-state index is 12.7. The van der Waals surface area contributed by atoms with Crippen molar-refractivity contribution in [1.82, 2.24) is 0 Å². The van der Waals surface area contributed by atoms with Crippen molar-refractivity contribution in [2.24, 2.45) is 0 Å². The van der Waals surface area contributed by atoms with Crippen molar-refractivity contribution in [2.45, 2.75) is 6.10 Å². The third-order valence-corrected chi connectivity index (χ3v) is 11.6. The average Bonchev–Trinajstić information content (AvgIpc) is 3.16. The molecule has 0 heterocycles. The molecule has 0 saturated carbocycles. The minimum Gasteiger partial charge on any atom is -0.507 e. The van der Waals surface area contributed by atoms with Crippen LogP contribution >= 0.6 is 7.92 Å². The van der Waals surface area contributed by atoms with Gasteiger partial charge < -0.3 is 10.2 Å². The molecule has 0 amide bonds. The van der Waals surface area contributed by atoms with E-state index in [1.165, 1.54) is 0 Å². The summed E-state index contributed by atoms with van der Waals surface area (Å²) in [6.07, 6.45) is -0.951. The fourth-order valence-corrected chi connectivity index (χ4v) is 9.29. The van der Waals surface area contributed by atoms with Crippen molar-refractivity contribution in [1.29, 1.82) is 0 Å². The molecule has 0 unspecified atom stereocenters. The molecule has 230 valence electrons. The van der Waals surface area contributed by atoms with Gasteiger partial charge in [-0.15, -0.1) is 0 Å². The Morgan fingerprint density at radius 1 is 0.438 bits per heavy atom. The summed E-state index contributed by atoms with van der Waals surface area (Å²) in [5.41, 5.74) is 5.17. The van der Waals surface area contributed by atoms with Crippen molar-refractivity contribution >= 4 is 45.4 Å². The average molecular weight is 637 g/mol. The van der Waals surface area contributed by atoms with Gasteiger partial charge in [-0.05, 0) is 74.0 Å². The van der Waals surface area contributed by atoms with Gasteiger partial charge in [-0.1, -0.05) is 176 Å². The van der Waals surface area contributed by atoms with E-state index in [0.717, 1.165) is 70.8 Å². The second kappa shape index (κ2) is 12.9. The highest BCUT2D eigenvalue weighted by Gasteiger charge is 2.28. The fraction of sp³-hybridized carbons (Fsp3) is 0.0222. The second-order valence-corrected chi connectivity index (χ2v) is 14.1. The van der Waals surface area contributed by atoms with Crippen LogP contribution in [0.2, 0.25) is 0 Å². The third-order valence-electron chi connectivity index (χ3n) is 9.12. The minimum atomic E-state index is -1.11. The molecule has 0 aliphatic heterocycles. The van der Waals surface area contributed by atoms with Gasteiger partial charge in [0.05, 0.1) is 0 Å². The zero-order chi connectivity index (χ0) is 32.5. The summed E-state index contributed by atoms with van der Waals surface area (Å²) in [6, 6.07) is 62.0. The predicted molar refractivity (Wildman–Crippen MR) is 203 cm³/mol. The van der Waals surface area contributed by atoms with Gasteiger partial charge in [-0.25, -0.2) is 0 Å². The molecule has 48 heavy (non-hydrogen) atoms. The number of hydrogen-bond acceptors (Lipinski definition) is 2. The Labute approximate surface area is 282 Å². The van der Waals surface area contributed by atoms with Gasteiger partial charge in [0.2, 0.25) is 0 Å². The summed E-state index contributed by atoms with van der Waals surface area (Å²) in [5.74, 6) is 0.244. The lowest BCUT2D eigenvalue weighted by atomic mass is 9.84. The molecular weight excluding hydrogens is 603 g/mol. The molecule has 0 spiro atoms. The Morgan fingerprint density at radius 3 is 1.62 bits per heavy atom. The molecule has 0 aliphatic rings. The molecule has 0 aliphatic carbocycles. The van der Waals surface area contributed by atoms with Crippen LogP contribution in [0.4, 0.5) is 0 Å². The lowest BCUT2D eigenvalue weighted by Crippen LogP contribution is -2.21. The molecule has 0 aromatic heterocycles. The monoisotopic (exact) mass is 636 g/mol. The summed E-state index contributed by atoms with van der Waals surface area (Å²) in [4.78, 5) is 0. The van der Waals surface area contributed by atoms with Crippen molar-refractivity contribution in [3.8, 4) is 28.0 Å². The van der Waals surface area contributed by atoms with Crippen LogP contribution in [-0.2, 0) is 0 Å². The van der Waals surface area contributed by atoms with Crippen LogP contribution < -0.4 is 15.9 Å². The Hall–Kier alpha value is -5.53. The van der Waals surface area contributed by atoms with E-state index in [4.69, 9.17) is 0 Å². The van der Waals surface area contributed by atoms with Crippen molar-refractivity contribution in [3.63, 3.8) is 0 Å². The van der Waals surface area contributed by atoms with E-state index >= 15 is 0 Å². The second-order valence-electron chi connectivity index (χ2n) is 12.0. The van der Waals surface area contributed by atoms with Crippen LogP contribution in [0.5, 0.6) is 5.75 Å². The van der Waals surface area contributed by atoms with Gasteiger partial charge >= 0.3 is 0 Å². The number of benzene rings is 8. The van der Waals surface area contributed by atoms with Crippen molar-refractivity contribution in [3.05, 3.63) is 193 Å². The number of phenolic OH excluding ortho intramolecular Hbond substituents is 1. The summed E-state index contributed by atoms with van der Waals surface area (Å²) in [6.45, 7) is 0. The van der Waals surface area contributed by atoms with Crippen LogP contribution in [0.1, 0.15) is 17.2 Å². The first-order valence-electron chi connectivity index (χ1n) is 16.2. The smallest absolute Gasteiger partial charge is 0.132 e. The van der Waals surface area contributed by atoms with Crippen LogP contribution in [-0.4, -0.2) is 10.2 Å². The molecule has 2 N–H and O–H groups in total. The Morgan fingerprint density at radius 2 is 0.958 bits per heavy atom. The Balaban J connectivity index is 1.44. The van der Waals surface area contributed by atoms with Gasteiger partial charge in [0, 0.05) is 10.9 Å². The first-order chi connectivity index (χ1) is 23.7. The predicted octanol–water partition coefficient (Wildman–Crippen LogP) is 9.87. The molecule has 0 bridgehead atoms. The number of phenols is 1. The van der Waals surface area contributed by atoms with Gasteiger partial charge in [-0.2, -0.15) is 0 Å². The van der Waals surface area contributed by atoms with Gasteiger partial charge in [-0.3, -0.25) is 0 Å². The molecule has 3 heteroatoms. The lowest BCUT2D eigenvalue weighted by Gasteiger charge is -2.26. The van der Waals surface area contributed by atoms with E-state index in [9.17, 15) is 10.2 Å². The van der Waals surface area contributed by atoms with E-state index in [-0.39, 0.29) is 5.75 Å². The quantitative estimate of drug-likeness (QED) is 0.171. The first-order valence-corrected chi connectivity index (χ1v) is 17.5. The maximum Gasteiger partial charge on any atom is 0.132 e. The number of aromatic hydroxyl groups is 1. The maximum atomic E-state index is 12.7. The summed E-state index contributed by atoms with van der Waals surface area (Å²) in [5, 5.41) is 32.4. The standard InChI is InChI=1S/C45H33O2P/c46-44(39-27-15-14-24-36(39)31-16-4-1-5-17-31)40-29-28-32-18-10-12-25-37(32)42(40)43-38-26-13-11-19-33(38)30-41(45(43)47)48(34-20-6-2-7-21-34)35-22-8-3-9-23-35/h1-30,44,46-47H/t44-/m0/s1. The molecule has 8 rings (SSSR count). The number of aliphatic hydroxyl groups excluding tert-OH is 1.